The predicted octanol–water partition coefficient (Wildman–Crippen LogP) is 1.91. The van der Waals surface area contributed by atoms with Gasteiger partial charge in [0.1, 0.15) is 11.8 Å². The minimum atomic E-state index is -1.06. The first-order valence-electron chi connectivity index (χ1n) is 5.52. The fourth-order valence-electron chi connectivity index (χ4n) is 1.87. The van der Waals surface area contributed by atoms with E-state index >= 15 is 0 Å². The zero-order valence-electron chi connectivity index (χ0n) is 9.47. The fraction of sp³-hybridized carbons (Fsp3) is 0.231. The zero-order chi connectivity index (χ0) is 12.6. The van der Waals surface area contributed by atoms with Crippen LogP contribution >= 0.6 is 0 Å². The number of ether oxygens (including phenoxy) is 1. The van der Waals surface area contributed by atoms with Gasteiger partial charge in [-0.05, 0) is 12.1 Å². The molecule has 1 aliphatic heterocycles. The van der Waals surface area contributed by atoms with Crippen molar-refractivity contribution >= 4 is 22.6 Å². The van der Waals surface area contributed by atoms with E-state index in [0.717, 1.165) is 5.39 Å². The molecule has 5 heteroatoms. The summed E-state index contributed by atoms with van der Waals surface area (Å²) in [5, 5.41) is 12.6. The normalized spacial score (nSPS) is 16.8. The molecule has 1 aliphatic rings. The van der Waals surface area contributed by atoms with E-state index in [1.807, 2.05) is 30.3 Å². The van der Waals surface area contributed by atoms with Gasteiger partial charge in [-0.1, -0.05) is 12.1 Å². The number of nitrogens with zero attached hydrogens (tertiary/aromatic N) is 1. The van der Waals surface area contributed by atoms with Crippen molar-refractivity contribution in [1.29, 1.82) is 5.26 Å². The summed E-state index contributed by atoms with van der Waals surface area (Å²) < 4.78 is 10.3. The van der Waals surface area contributed by atoms with Gasteiger partial charge < -0.3 is 14.5 Å². The number of nitriles is 1. The van der Waals surface area contributed by atoms with Crippen LogP contribution in [0.5, 0.6) is 0 Å². The van der Waals surface area contributed by atoms with Crippen LogP contribution in [0.1, 0.15) is 0 Å². The summed E-state index contributed by atoms with van der Waals surface area (Å²) in [6.45, 7) is 0.288. The third-order valence-electron chi connectivity index (χ3n) is 3.07. The van der Waals surface area contributed by atoms with Crippen LogP contribution in [-0.4, -0.2) is 19.1 Å². The number of furan rings is 1. The Bertz CT molecular complexity index is 650. The molecule has 1 amide bonds. The Morgan fingerprint density at radius 2 is 2.17 bits per heavy atom. The van der Waals surface area contributed by atoms with Crippen molar-refractivity contribution in [3.05, 3.63) is 30.5 Å². The molecular weight excluding hydrogens is 232 g/mol. The van der Waals surface area contributed by atoms with E-state index in [1.54, 1.807) is 0 Å². The third-order valence-corrected chi connectivity index (χ3v) is 3.07. The summed E-state index contributed by atoms with van der Waals surface area (Å²) in [4.78, 5) is 12.0. The van der Waals surface area contributed by atoms with Crippen LogP contribution in [-0.2, 0) is 9.53 Å². The Morgan fingerprint density at radius 1 is 1.39 bits per heavy atom. The van der Waals surface area contributed by atoms with Gasteiger partial charge in [0.25, 0.3) is 0 Å². The van der Waals surface area contributed by atoms with E-state index < -0.39 is 5.41 Å². The summed E-state index contributed by atoms with van der Waals surface area (Å²) in [6, 6.07) is 9.39. The number of anilines is 1. The van der Waals surface area contributed by atoms with E-state index in [4.69, 9.17) is 14.4 Å². The Labute approximate surface area is 103 Å². The minimum Gasteiger partial charge on any atom is -0.462 e. The summed E-state index contributed by atoms with van der Waals surface area (Å²) >= 11 is 0. The van der Waals surface area contributed by atoms with E-state index in [0.29, 0.717) is 11.3 Å². The third kappa shape index (κ3) is 1.47. The molecule has 2 aromatic rings. The van der Waals surface area contributed by atoms with Crippen LogP contribution < -0.4 is 5.32 Å². The highest BCUT2D eigenvalue weighted by molar-refractivity contribution is 6.04. The number of benzene rings is 1. The summed E-state index contributed by atoms with van der Waals surface area (Å²) in [7, 11) is 0. The highest BCUT2D eigenvalue weighted by Crippen LogP contribution is 2.31. The second-order valence-corrected chi connectivity index (χ2v) is 4.29. The minimum absolute atomic E-state index is 0.144. The molecule has 0 saturated carbocycles. The van der Waals surface area contributed by atoms with Crippen LogP contribution in [0.4, 0.5) is 5.69 Å². The quantitative estimate of drug-likeness (QED) is 0.872. The molecular formula is C13H10N2O3. The van der Waals surface area contributed by atoms with Crippen molar-refractivity contribution in [3.63, 3.8) is 0 Å². The Balaban J connectivity index is 1.89. The summed E-state index contributed by atoms with van der Waals surface area (Å²) in [6.07, 6.45) is 1.48. The van der Waals surface area contributed by atoms with Gasteiger partial charge in [-0.3, -0.25) is 4.79 Å². The molecule has 0 radical (unpaired) electrons. The number of rotatable bonds is 2. The van der Waals surface area contributed by atoms with Gasteiger partial charge in [0.15, 0.2) is 5.41 Å². The van der Waals surface area contributed by atoms with Crippen molar-refractivity contribution in [2.24, 2.45) is 5.41 Å². The first-order chi connectivity index (χ1) is 8.75. The molecule has 1 aromatic heterocycles. The lowest BCUT2D eigenvalue weighted by molar-refractivity contribution is -0.144. The molecule has 2 heterocycles. The molecule has 0 spiro atoms. The smallest absolute Gasteiger partial charge is 0.249 e. The number of nitrogens with one attached hydrogen (secondary N) is 1. The lowest BCUT2D eigenvalue weighted by Crippen LogP contribution is -2.50. The van der Waals surface area contributed by atoms with E-state index in [-0.39, 0.29) is 19.1 Å². The molecule has 1 fully saturated rings. The average Bonchev–Trinajstić information content (AvgIpc) is 2.72. The lowest BCUT2D eigenvalue weighted by atomic mass is 9.87. The molecule has 0 unspecified atom stereocenters. The number of hydrogen-bond acceptors (Lipinski definition) is 4. The van der Waals surface area contributed by atoms with Crippen molar-refractivity contribution < 1.29 is 13.9 Å². The summed E-state index contributed by atoms with van der Waals surface area (Å²) in [5.41, 5.74) is 0.221. The van der Waals surface area contributed by atoms with Gasteiger partial charge >= 0.3 is 0 Å². The molecule has 90 valence electrons. The Hall–Kier alpha value is -2.32. The maximum atomic E-state index is 12.0. The molecule has 3 rings (SSSR count). The Morgan fingerprint density at radius 3 is 2.83 bits per heavy atom. The van der Waals surface area contributed by atoms with E-state index in [9.17, 15) is 4.79 Å². The first-order valence-corrected chi connectivity index (χ1v) is 5.52. The molecule has 0 aliphatic carbocycles. The van der Waals surface area contributed by atoms with Gasteiger partial charge in [-0.2, -0.15) is 5.26 Å². The lowest BCUT2D eigenvalue weighted by Gasteiger charge is -2.33. The fourth-order valence-corrected chi connectivity index (χ4v) is 1.87. The van der Waals surface area contributed by atoms with Crippen LogP contribution in [0.25, 0.3) is 11.0 Å². The maximum absolute atomic E-state index is 12.0. The SMILES string of the molecule is N#CC1(C(=O)Nc2coc3ccccc23)COC1. The highest BCUT2D eigenvalue weighted by Gasteiger charge is 2.46. The number of para-hydroxylation sites is 1. The van der Waals surface area contributed by atoms with Gasteiger partial charge in [-0.15, -0.1) is 0 Å². The van der Waals surface area contributed by atoms with Crippen molar-refractivity contribution in [1.82, 2.24) is 0 Å². The van der Waals surface area contributed by atoms with Gasteiger partial charge in [-0.25, -0.2) is 0 Å². The van der Waals surface area contributed by atoms with Crippen LogP contribution in [0.15, 0.2) is 34.9 Å². The van der Waals surface area contributed by atoms with Crippen molar-refractivity contribution in [2.45, 2.75) is 0 Å². The largest absolute Gasteiger partial charge is 0.462 e. The number of fused-ring (bicyclic) bond motifs is 1. The number of carbonyl (C=O) groups is 1. The monoisotopic (exact) mass is 242 g/mol. The van der Waals surface area contributed by atoms with Crippen molar-refractivity contribution in [3.8, 4) is 6.07 Å². The second-order valence-electron chi connectivity index (χ2n) is 4.29. The number of amides is 1. The first kappa shape index (κ1) is 10.8. The molecule has 1 N–H and O–H groups in total. The van der Waals surface area contributed by atoms with Crippen LogP contribution in [0.3, 0.4) is 0 Å². The zero-order valence-corrected chi connectivity index (χ0v) is 9.47. The maximum Gasteiger partial charge on any atom is 0.249 e. The van der Waals surface area contributed by atoms with E-state index in [1.165, 1.54) is 6.26 Å². The van der Waals surface area contributed by atoms with Gasteiger partial charge in [0.05, 0.1) is 25.0 Å². The average molecular weight is 242 g/mol. The molecule has 1 aromatic carbocycles. The number of hydrogen-bond donors (Lipinski definition) is 1. The Kier molecular flexibility index (Phi) is 2.32. The predicted molar refractivity (Wildman–Crippen MR) is 63.7 cm³/mol. The number of carbonyl (C=O) groups excluding carboxylic acids is 1. The second kappa shape index (κ2) is 3.86. The van der Waals surface area contributed by atoms with Crippen molar-refractivity contribution in [2.75, 3.05) is 18.5 Å². The van der Waals surface area contributed by atoms with E-state index in [2.05, 4.69) is 5.32 Å². The topological polar surface area (TPSA) is 75.3 Å². The molecule has 5 nitrogen and oxygen atoms in total. The van der Waals surface area contributed by atoms with Gasteiger partial charge in [0, 0.05) is 5.39 Å². The highest BCUT2D eigenvalue weighted by atomic mass is 16.5. The molecule has 0 bridgehead atoms. The van der Waals surface area contributed by atoms with Crippen LogP contribution in [0.2, 0.25) is 0 Å². The standard InChI is InChI=1S/C13H10N2O3/c14-6-13(7-17-8-13)12(16)15-10-5-18-11-4-2-1-3-9(10)11/h1-5H,7-8H2,(H,15,16). The molecule has 0 atom stereocenters. The van der Waals surface area contributed by atoms with Gasteiger partial charge in [0.2, 0.25) is 5.91 Å². The molecule has 18 heavy (non-hydrogen) atoms. The van der Waals surface area contributed by atoms with Crippen LogP contribution in [0, 0.1) is 16.7 Å². The summed E-state index contributed by atoms with van der Waals surface area (Å²) in [5.74, 6) is -0.345. The molecule has 1 saturated heterocycles.